The van der Waals surface area contributed by atoms with Crippen LogP contribution in [-0.4, -0.2) is 22.8 Å². The summed E-state index contributed by atoms with van der Waals surface area (Å²) in [5.41, 5.74) is 3.51. The molecule has 0 saturated carbocycles. The van der Waals surface area contributed by atoms with Crippen LogP contribution in [0.25, 0.3) is 0 Å². The zero-order chi connectivity index (χ0) is 14.3. The van der Waals surface area contributed by atoms with Crippen LogP contribution in [0, 0.1) is 13.8 Å². The summed E-state index contributed by atoms with van der Waals surface area (Å²) in [4.78, 5) is 19.7. The van der Waals surface area contributed by atoms with E-state index in [1.165, 1.54) is 22.5 Å². The van der Waals surface area contributed by atoms with Crippen molar-refractivity contribution in [3.05, 3.63) is 51.0 Å². The Balaban J connectivity index is 1.89. The molecule has 1 aromatic heterocycles. The van der Waals surface area contributed by atoms with E-state index in [2.05, 4.69) is 29.2 Å². The van der Waals surface area contributed by atoms with Gasteiger partial charge >= 0.3 is 0 Å². The van der Waals surface area contributed by atoms with Crippen LogP contribution < -0.4 is 0 Å². The second-order valence-corrected chi connectivity index (χ2v) is 6.52. The monoisotopic (exact) mass is 286 g/mol. The number of carbonyl (C=O) groups excluding carboxylic acids is 1. The van der Waals surface area contributed by atoms with Crippen LogP contribution in [-0.2, 0) is 6.42 Å². The first-order chi connectivity index (χ1) is 9.58. The maximum atomic E-state index is 12.7. The van der Waals surface area contributed by atoms with Crippen LogP contribution in [0.5, 0.6) is 0 Å². The van der Waals surface area contributed by atoms with Crippen LogP contribution >= 0.6 is 11.3 Å². The van der Waals surface area contributed by atoms with Gasteiger partial charge in [-0.2, -0.15) is 0 Å². The number of rotatable bonds is 2. The molecule has 1 aromatic carbocycles. The first-order valence-electron chi connectivity index (χ1n) is 6.87. The fourth-order valence-corrected chi connectivity index (χ4v) is 3.87. The first-order valence-corrected chi connectivity index (χ1v) is 7.68. The molecular weight excluding hydrogens is 268 g/mol. The summed E-state index contributed by atoms with van der Waals surface area (Å²) in [7, 11) is 1.91. The Bertz CT molecular complexity index is 662. The molecule has 4 heteroatoms. The zero-order valence-electron chi connectivity index (χ0n) is 12.0. The zero-order valence-corrected chi connectivity index (χ0v) is 12.8. The van der Waals surface area contributed by atoms with Gasteiger partial charge in [0.2, 0.25) is 0 Å². The van der Waals surface area contributed by atoms with E-state index in [4.69, 9.17) is 0 Å². The molecule has 0 N–H and O–H groups in total. The molecule has 0 radical (unpaired) electrons. The van der Waals surface area contributed by atoms with Crippen molar-refractivity contribution >= 4 is 17.2 Å². The number of aromatic nitrogens is 1. The second kappa shape index (κ2) is 5.02. The summed E-state index contributed by atoms with van der Waals surface area (Å²) in [5.74, 6) is 0.0924. The number of nitrogens with zero attached hydrogens (tertiary/aromatic N) is 2. The number of hydrogen-bond acceptors (Lipinski definition) is 3. The Hall–Kier alpha value is -1.68. The second-order valence-electron chi connectivity index (χ2n) is 5.32. The van der Waals surface area contributed by atoms with E-state index in [1.807, 2.05) is 25.8 Å². The highest BCUT2D eigenvalue weighted by molar-refractivity contribution is 7.13. The van der Waals surface area contributed by atoms with Gasteiger partial charge in [-0.15, -0.1) is 11.3 Å². The third kappa shape index (κ3) is 2.14. The number of benzene rings is 1. The van der Waals surface area contributed by atoms with Crippen molar-refractivity contribution in [3.63, 3.8) is 0 Å². The highest BCUT2D eigenvalue weighted by atomic mass is 32.1. The van der Waals surface area contributed by atoms with Crippen molar-refractivity contribution in [1.29, 1.82) is 0 Å². The van der Waals surface area contributed by atoms with Crippen molar-refractivity contribution in [1.82, 2.24) is 9.88 Å². The highest BCUT2D eigenvalue weighted by Gasteiger charge is 2.30. The topological polar surface area (TPSA) is 33.2 Å². The van der Waals surface area contributed by atoms with Crippen molar-refractivity contribution in [3.8, 4) is 0 Å². The molecule has 104 valence electrons. The first kappa shape index (κ1) is 13.3. The molecule has 0 bridgehead atoms. The number of thiazole rings is 1. The Morgan fingerprint density at radius 3 is 2.80 bits per heavy atom. The number of hydrogen-bond donors (Lipinski definition) is 0. The Morgan fingerprint density at radius 2 is 2.10 bits per heavy atom. The average molecular weight is 286 g/mol. The molecule has 0 aliphatic heterocycles. The van der Waals surface area contributed by atoms with E-state index in [0.29, 0.717) is 0 Å². The van der Waals surface area contributed by atoms with E-state index in [9.17, 15) is 4.79 Å². The minimum Gasteiger partial charge on any atom is -0.334 e. The van der Waals surface area contributed by atoms with Gasteiger partial charge < -0.3 is 4.90 Å². The molecule has 1 amide bonds. The third-order valence-corrected chi connectivity index (χ3v) is 5.05. The standard InChI is InChI=1S/C16H18N2OS/c1-10-15(20-11(2)17-10)16(19)18(3)14-9-8-12-6-4-5-7-13(12)14/h4-7,14H,8-9H2,1-3H3/t14-/m1/s1. The van der Waals surface area contributed by atoms with E-state index in [1.54, 1.807) is 0 Å². The summed E-state index contributed by atoms with van der Waals surface area (Å²) >= 11 is 1.49. The van der Waals surface area contributed by atoms with Crippen LogP contribution in [0.15, 0.2) is 24.3 Å². The van der Waals surface area contributed by atoms with Gasteiger partial charge in [0.05, 0.1) is 16.7 Å². The van der Waals surface area contributed by atoms with Crippen molar-refractivity contribution in [2.75, 3.05) is 7.05 Å². The lowest BCUT2D eigenvalue weighted by molar-refractivity contribution is 0.0734. The lowest BCUT2D eigenvalue weighted by atomic mass is 10.1. The number of amides is 1. The minimum absolute atomic E-state index is 0.0924. The molecule has 0 fully saturated rings. The van der Waals surface area contributed by atoms with Gasteiger partial charge in [0, 0.05) is 7.05 Å². The van der Waals surface area contributed by atoms with E-state index in [0.717, 1.165) is 28.4 Å². The van der Waals surface area contributed by atoms with Crippen molar-refractivity contribution in [2.24, 2.45) is 0 Å². The lowest BCUT2D eigenvalue weighted by Gasteiger charge is -2.25. The highest BCUT2D eigenvalue weighted by Crippen LogP contribution is 2.36. The molecule has 1 aliphatic carbocycles. The molecule has 0 saturated heterocycles. The van der Waals surface area contributed by atoms with Gasteiger partial charge in [-0.05, 0) is 37.8 Å². The van der Waals surface area contributed by atoms with Gasteiger partial charge in [0.25, 0.3) is 5.91 Å². The van der Waals surface area contributed by atoms with Gasteiger partial charge in [-0.1, -0.05) is 24.3 Å². The fraction of sp³-hybridized carbons (Fsp3) is 0.375. The van der Waals surface area contributed by atoms with E-state index < -0.39 is 0 Å². The van der Waals surface area contributed by atoms with Crippen LogP contribution in [0.1, 0.15) is 44.0 Å². The predicted molar refractivity (Wildman–Crippen MR) is 81.2 cm³/mol. The molecule has 2 aromatic rings. The Kier molecular flexibility index (Phi) is 3.34. The molecule has 0 unspecified atom stereocenters. The summed E-state index contributed by atoms with van der Waals surface area (Å²) in [6.07, 6.45) is 2.07. The molecular formula is C16H18N2OS. The molecule has 3 rings (SSSR count). The number of carbonyl (C=O) groups is 1. The maximum absolute atomic E-state index is 12.7. The van der Waals surface area contributed by atoms with Gasteiger partial charge in [0.1, 0.15) is 4.88 Å². The summed E-state index contributed by atoms with van der Waals surface area (Å²) in [6.45, 7) is 3.85. The molecule has 0 spiro atoms. The fourth-order valence-electron chi connectivity index (χ4n) is 2.97. The molecule has 1 atom stereocenters. The van der Waals surface area contributed by atoms with Gasteiger partial charge in [0.15, 0.2) is 0 Å². The summed E-state index contributed by atoms with van der Waals surface area (Å²) < 4.78 is 0. The predicted octanol–water partition coefficient (Wildman–Crippen LogP) is 3.52. The Labute approximate surface area is 123 Å². The van der Waals surface area contributed by atoms with Crippen LogP contribution in [0.4, 0.5) is 0 Å². The molecule has 20 heavy (non-hydrogen) atoms. The van der Waals surface area contributed by atoms with Crippen LogP contribution in [0.3, 0.4) is 0 Å². The molecule has 3 nitrogen and oxygen atoms in total. The largest absolute Gasteiger partial charge is 0.334 e. The molecule has 1 heterocycles. The molecule has 1 aliphatic rings. The average Bonchev–Trinajstić information content (AvgIpc) is 3.00. The summed E-state index contributed by atoms with van der Waals surface area (Å²) in [6, 6.07) is 8.62. The number of fused-ring (bicyclic) bond motifs is 1. The lowest BCUT2D eigenvalue weighted by Crippen LogP contribution is -2.30. The maximum Gasteiger partial charge on any atom is 0.266 e. The quantitative estimate of drug-likeness (QED) is 0.846. The van der Waals surface area contributed by atoms with Gasteiger partial charge in [-0.3, -0.25) is 4.79 Å². The Morgan fingerprint density at radius 1 is 1.35 bits per heavy atom. The minimum atomic E-state index is 0.0924. The SMILES string of the molecule is Cc1nc(C)c(C(=O)N(C)[C@@H]2CCc3ccccc32)s1. The van der Waals surface area contributed by atoms with E-state index in [-0.39, 0.29) is 11.9 Å². The smallest absolute Gasteiger partial charge is 0.266 e. The van der Waals surface area contributed by atoms with E-state index >= 15 is 0 Å². The normalized spacial score (nSPS) is 17.1. The van der Waals surface area contributed by atoms with Crippen LogP contribution in [0.2, 0.25) is 0 Å². The van der Waals surface area contributed by atoms with Crippen molar-refractivity contribution in [2.45, 2.75) is 32.7 Å². The van der Waals surface area contributed by atoms with Gasteiger partial charge in [-0.25, -0.2) is 4.98 Å². The summed E-state index contributed by atoms with van der Waals surface area (Å²) in [5, 5.41) is 0.950. The number of aryl methyl sites for hydroxylation is 3. The van der Waals surface area contributed by atoms with Crippen molar-refractivity contribution < 1.29 is 4.79 Å². The third-order valence-electron chi connectivity index (χ3n) is 3.99.